The highest BCUT2D eigenvalue weighted by Crippen LogP contribution is 2.47. The van der Waals surface area contributed by atoms with Gasteiger partial charge in [-0.1, -0.05) is 66.7 Å². The van der Waals surface area contributed by atoms with Crippen LogP contribution >= 0.6 is 0 Å². The van der Waals surface area contributed by atoms with Crippen molar-refractivity contribution in [3.8, 4) is 11.5 Å². The van der Waals surface area contributed by atoms with Gasteiger partial charge in [-0.3, -0.25) is 4.79 Å². The van der Waals surface area contributed by atoms with Crippen molar-refractivity contribution in [3.05, 3.63) is 118 Å². The average molecular weight is 524 g/mol. The number of esters is 1. The fourth-order valence-corrected chi connectivity index (χ4v) is 5.62. The number of benzene rings is 3. The molecule has 6 nitrogen and oxygen atoms in total. The van der Waals surface area contributed by atoms with E-state index in [0.29, 0.717) is 47.6 Å². The molecule has 39 heavy (non-hydrogen) atoms. The summed E-state index contributed by atoms with van der Waals surface area (Å²) in [4.78, 5) is 27.4. The van der Waals surface area contributed by atoms with Gasteiger partial charge in [0.1, 0.15) is 0 Å². The fraction of sp³-hybridized carbons (Fsp3) is 0.273. The Morgan fingerprint density at radius 3 is 2.26 bits per heavy atom. The monoisotopic (exact) mass is 523 g/mol. The van der Waals surface area contributed by atoms with E-state index in [2.05, 4.69) is 17.4 Å². The van der Waals surface area contributed by atoms with Gasteiger partial charge in [-0.25, -0.2) is 4.79 Å². The second-order valence-electron chi connectivity index (χ2n) is 9.91. The number of nitrogens with one attached hydrogen (secondary N) is 1. The minimum Gasteiger partial charge on any atom is -0.493 e. The maximum atomic E-state index is 13.8. The van der Waals surface area contributed by atoms with Crippen molar-refractivity contribution in [2.75, 3.05) is 20.8 Å². The minimum atomic E-state index is -0.575. The molecule has 3 aromatic carbocycles. The van der Waals surface area contributed by atoms with Gasteiger partial charge in [-0.05, 0) is 48.1 Å². The van der Waals surface area contributed by atoms with Crippen molar-refractivity contribution in [2.45, 2.75) is 38.0 Å². The van der Waals surface area contributed by atoms with Crippen LogP contribution in [0.4, 0.5) is 0 Å². The van der Waals surface area contributed by atoms with E-state index in [4.69, 9.17) is 14.2 Å². The molecule has 0 saturated heterocycles. The number of ketones is 1. The molecule has 0 fully saturated rings. The Balaban J connectivity index is 1.51. The first kappa shape index (κ1) is 26.3. The third kappa shape index (κ3) is 5.46. The van der Waals surface area contributed by atoms with Crippen molar-refractivity contribution in [2.24, 2.45) is 0 Å². The van der Waals surface area contributed by atoms with Gasteiger partial charge in [0.15, 0.2) is 17.3 Å². The molecule has 0 radical (unpaired) electrons. The second kappa shape index (κ2) is 11.6. The number of carbonyl (C=O) groups is 2. The summed E-state index contributed by atoms with van der Waals surface area (Å²) in [5.74, 6) is 0.212. The highest BCUT2D eigenvalue weighted by atomic mass is 16.5. The highest BCUT2D eigenvalue weighted by molar-refractivity contribution is 6.04. The van der Waals surface area contributed by atoms with Crippen molar-refractivity contribution < 1.29 is 23.8 Å². The van der Waals surface area contributed by atoms with Gasteiger partial charge < -0.3 is 19.5 Å². The van der Waals surface area contributed by atoms with Crippen LogP contribution in [0.1, 0.15) is 48.3 Å². The molecule has 2 unspecified atom stereocenters. The third-order valence-electron chi connectivity index (χ3n) is 7.53. The summed E-state index contributed by atoms with van der Waals surface area (Å²) in [5.41, 5.74) is 5.62. The number of methoxy groups -OCH3 is 2. The van der Waals surface area contributed by atoms with Gasteiger partial charge in [0.25, 0.3) is 0 Å². The number of Topliss-reactive ketones (excluding diaryl/α,β-unsaturated/α-hetero) is 1. The van der Waals surface area contributed by atoms with Gasteiger partial charge in [0.2, 0.25) is 0 Å². The van der Waals surface area contributed by atoms with Crippen LogP contribution in [0.2, 0.25) is 0 Å². The van der Waals surface area contributed by atoms with Crippen LogP contribution in [0.25, 0.3) is 0 Å². The maximum Gasteiger partial charge on any atom is 0.336 e. The summed E-state index contributed by atoms with van der Waals surface area (Å²) in [7, 11) is 3.15. The van der Waals surface area contributed by atoms with Crippen LogP contribution in [-0.4, -0.2) is 32.6 Å². The Bertz CT molecular complexity index is 1420. The molecule has 1 N–H and O–H groups in total. The SMILES string of the molecule is COc1ccc(C2C(C(=O)OCCc3ccccc3)=C(C)NC3=C2C(=O)CC(c2ccccc2)C3)cc1OC. The van der Waals surface area contributed by atoms with Gasteiger partial charge in [-0.2, -0.15) is 0 Å². The van der Waals surface area contributed by atoms with E-state index in [-0.39, 0.29) is 18.3 Å². The summed E-state index contributed by atoms with van der Waals surface area (Å²) in [6.45, 7) is 2.12. The Kier molecular flexibility index (Phi) is 7.82. The lowest BCUT2D eigenvalue weighted by Crippen LogP contribution is -2.36. The van der Waals surface area contributed by atoms with Crippen LogP contribution in [0.3, 0.4) is 0 Å². The van der Waals surface area contributed by atoms with Gasteiger partial charge in [-0.15, -0.1) is 0 Å². The van der Waals surface area contributed by atoms with Gasteiger partial charge in [0, 0.05) is 35.7 Å². The number of allylic oxidation sites excluding steroid dienone is 3. The summed E-state index contributed by atoms with van der Waals surface area (Å²) in [6, 6.07) is 25.6. The number of hydrogen-bond donors (Lipinski definition) is 1. The molecule has 2 aliphatic rings. The van der Waals surface area contributed by atoms with E-state index in [9.17, 15) is 9.59 Å². The zero-order chi connectivity index (χ0) is 27.4. The van der Waals surface area contributed by atoms with E-state index >= 15 is 0 Å². The Hall–Kier alpha value is -4.32. The topological polar surface area (TPSA) is 73.9 Å². The number of rotatable bonds is 8. The molecule has 2 atom stereocenters. The largest absolute Gasteiger partial charge is 0.493 e. The predicted molar refractivity (Wildman–Crippen MR) is 150 cm³/mol. The molecule has 0 amide bonds. The zero-order valence-corrected chi connectivity index (χ0v) is 22.5. The van der Waals surface area contributed by atoms with Crippen LogP contribution in [0.5, 0.6) is 11.5 Å². The molecule has 0 bridgehead atoms. The lowest BCUT2D eigenvalue weighted by molar-refractivity contribution is -0.139. The lowest BCUT2D eigenvalue weighted by atomic mass is 9.71. The Morgan fingerprint density at radius 2 is 1.56 bits per heavy atom. The molecule has 3 aromatic rings. The van der Waals surface area contributed by atoms with Crippen molar-refractivity contribution >= 4 is 11.8 Å². The van der Waals surface area contributed by atoms with Crippen LogP contribution < -0.4 is 14.8 Å². The molecule has 5 rings (SSSR count). The van der Waals surface area contributed by atoms with Gasteiger partial charge in [0.05, 0.1) is 26.4 Å². The van der Waals surface area contributed by atoms with Crippen molar-refractivity contribution in [1.29, 1.82) is 0 Å². The second-order valence-corrected chi connectivity index (χ2v) is 9.91. The van der Waals surface area contributed by atoms with Crippen LogP contribution in [0.15, 0.2) is 101 Å². The molecule has 6 heteroatoms. The van der Waals surface area contributed by atoms with Crippen LogP contribution in [-0.2, 0) is 20.7 Å². The number of hydrogen-bond acceptors (Lipinski definition) is 6. The summed E-state index contributed by atoms with van der Waals surface area (Å²) < 4.78 is 16.8. The summed E-state index contributed by atoms with van der Waals surface area (Å²) in [5, 5.41) is 3.42. The summed E-state index contributed by atoms with van der Waals surface area (Å²) in [6.07, 6.45) is 1.67. The first-order chi connectivity index (χ1) is 19.0. The average Bonchev–Trinajstić information content (AvgIpc) is 2.96. The smallest absolute Gasteiger partial charge is 0.336 e. The first-order valence-electron chi connectivity index (χ1n) is 13.2. The Morgan fingerprint density at radius 1 is 0.872 bits per heavy atom. The first-order valence-corrected chi connectivity index (χ1v) is 13.2. The van der Waals surface area contributed by atoms with E-state index in [1.165, 1.54) is 0 Å². The normalized spacial score (nSPS) is 18.8. The molecule has 1 aliphatic carbocycles. The number of carbonyl (C=O) groups excluding carboxylic acids is 2. The van der Waals surface area contributed by atoms with E-state index in [1.807, 2.05) is 73.7 Å². The molecule has 1 aliphatic heterocycles. The fourth-order valence-electron chi connectivity index (χ4n) is 5.62. The maximum absolute atomic E-state index is 13.8. The summed E-state index contributed by atoms with van der Waals surface area (Å²) >= 11 is 0. The predicted octanol–water partition coefficient (Wildman–Crippen LogP) is 5.85. The molecule has 1 heterocycles. The quantitative estimate of drug-likeness (QED) is 0.374. The van der Waals surface area contributed by atoms with E-state index in [1.54, 1.807) is 14.2 Å². The lowest BCUT2D eigenvalue weighted by Gasteiger charge is -2.36. The number of dihydropyridines is 1. The van der Waals surface area contributed by atoms with Crippen LogP contribution in [0, 0.1) is 0 Å². The zero-order valence-electron chi connectivity index (χ0n) is 22.5. The molecular formula is C33H33NO5. The van der Waals surface area contributed by atoms with E-state index < -0.39 is 11.9 Å². The third-order valence-corrected chi connectivity index (χ3v) is 7.53. The van der Waals surface area contributed by atoms with Crippen molar-refractivity contribution in [3.63, 3.8) is 0 Å². The number of ether oxygens (including phenoxy) is 3. The molecule has 200 valence electrons. The Labute approximate surface area is 229 Å². The highest BCUT2D eigenvalue weighted by Gasteiger charge is 2.41. The molecule has 0 saturated carbocycles. The molecule has 0 aromatic heterocycles. The van der Waals surface area contributed by atoms with Gasteiger partial charge >= 0.3 is 5.97 Å². The van der Waals surface area contributed by atoms with E-state index in [0.717, 1.165) is 22.4 Å². The molecular weight excluding hydrogens is 490 g/mol. The minimum absolute atomic E-state index is 0.0273. The van der Waals surface area contributed by atoms with Crippen molar-refractivity contribution in [1.82, 2.24) is 5.32 Å². The molecule has 0 spiro atoms. The standard InChI is InChI=1S/C33H33NO5/c1-21-30(33(36)39-17-16-22-10-6-4-7-11-22)31(24-14-15-28(37-2)29(20-24)38-3)32-26(34-21)18-25(19-27(32)35)23-12-8-5-9-13-23/h4-15,20,25,31,34H,16-19H2,1-3H3.